The lowest BCUT2D eigenvalue weighted by atomic mass is 10.2. The fourth-order valence-corrected chi connectivity index (χ4v) is 2.72. The second-order valence-corrected chi connectivity index (χ2v) is 6.72. The number of anilines is 1. The Kier molecular flexibility index (Phi) is 5.44. The summed E-state index contributed by atoms with van der Waals surface area (Å²) in [4.78, 5) is 35.9. The molecule has 3 rings (SSSR count). The molecule has 0 atom stereocenters. The van der Waals surface area contributed by atoms with Crippen molar-refractivity contribution in [2.45, 2.75) is 12.8 Å². The predicted molar refractivity (Wildman–Crippen MR) is 99.2 cm³/mol. The molecule has 0 aliphatic heterocycles. The molecule has 0 saturated heterocycles. The van der Waals surface area contributed by atoms with Crippen LogP contribution in [0.2, 0.25) is 10.0 Å². The number of nitrogens with one attached hydrogen (secondary N) is 3. The van der Waals surface area contributed by atoms with Crippen LogP contribution in [-0.2, 0) is 4.79 Å². The van der Waals surface area contributed by atoms with E-state index in [1.165, 1.54) is 18.2 Å². The van der Waals surface area contributed by atoms with Gasteiger partial charge in [-0.15, -0.1) is 0 Å². The third kappa shape index (κ3) is 4.53. The zero-order valence-electron chi connectivity index (χ0n) is 13.5. The first-order valence-corrected chi connectivity index (χ1v) is 8.66. The monoisotopic (exact) mass is 391 g/mol. The third-order valence-electron chi connectivity index (χ3n) is 3.83. The number of carbonyl (C=O) groups excluding carboxylic acids is 3. The van der Waals surface area contributed by atoms with E-state index in [-0.39, 0.29) is 22.4 Å². The van der Waals surface area contributed by atoms with Gasteiger partial charge in [0.25, 0.3) is 11.8 Å². The highest BCUT2D eigenvalue weighted by molar-refractivity contribution is 6.36. The first-order valence-electron chi connectivity index (χ1n) is 7.90. The molecule has 1 aliphatic rings. The van der Waals surface area contributed by atoms with Gasteiger partial charge in [0.2, 0.25) is 5.91 Å². The first kappa shape index (κ1) is 18.2. The predicted octanol–water partition coefficient (Wildman–Crippen LogP) is 3.42. The Labute approximate surface area is 159 Å². The summed E-state index contributed by atoms with van der Waals surface area (Å²) in [5.74, 6) is -0.959. The minimum absolute atomic E-state index is 0.00527. The van der Waals surface area contributed by atoms with Crippen LogP contribution >= 0.6 is 23.2 Å². The summed E-state index contributed by atoms with van der Waals surface area (Å²) >= 11 is 11.7. The minimum Gasteiger partial charge on any atom is -0.326 e. The van der Waals surface area contributed by atoms with Crippen molar-refractivity contribution in [3.63, 3.8) is 0 Å². The van der Waals surface area contributed by atoms with Crippen molar-refractivity contribution in [1.82, 2.24) is 10.9 Å². The van der Waals surface area contributed by atoms with E-state index in [4.69, 9.17) is 23.2 Å². The van der Waals surface area contributed by atoms with Crippen LogP contribution in [0.1, 0.15) is 33.6 Å². The maximum Gasteiger partial charge on any atom is 0.271 e. The molecule has 8 heteroatoms. The van der Waals surface area contributed by atoms with Crippen molar-refractivity contribution in [1.29, 1.82) is 0 Å². The maximum atomic E-state index is 12.1. The molecule has 6 nitrogen and oxygen atoms in total. The molecule has 3 amide bonds. The quantitative estimate of drug-likeness (QED) is 0.697. The van der Waals surface area contributed by atoms with Crippen molar-refractivity contribution < 1.29 is 14.4 Å². The number of benzene rings is 2. The molecule has 26 heavy (non-hydrogen) atoms. The van der Waals surface area contributed by atoms with Crippen LogP contribution in [0.4, 0.5) is 5.69 Å². The van der Waals surface area contributed by atoms with Gasteiger partial charge in [-0.25, -0.2) is 0 Å². The van der Waals surface area contributed by atoms with Crippen LogP contribution in [0, 0.1) is 5.92 Å². The molecule has 1 fully saturated rings. The molecule has 0 spiro atoms. The lowest BCUT2D eigenvalue weighted by Crippen LogP contribution is -2.41. The molecule has 0 aromatic heterocycles. The summed E-state index contributed by atoms with van der Waals surface area (Å²) in [6.07, 6.45) is 1.84. The van der Waals surface area contributed by atoms with Gasteiger partial charge in [-0.2, -0.15) is 0 Å². The zero-order valence-corrected chi connectivity index (χ0v) is 15.0. The van der Waals surface area contributed by atoms with E-state index >= 15 is 0 Å². The smallest absolute Gasteiger partial charge is 0.271 e. The molecule has 0 radical (unpaired) electrons. The Morgan fingerprint density at radius 3 is 2.15 bits per heavy atom. The van der Waals surface area contributed by atoms with Crippen molar-refractivity contribution >= 4 is 46.6 Å². The molecule has 3 N–H and O–H groups in total. The highest BCUT2D eigenvalue weighted by Crippen LogP contribution is 2.30. The third-order valence-corrected chi connectivity index (χ3v) is 4.38. The Hall–Kier alpha value is -2.57. The average Bonchev–Trinajstić information content (AvgIpc) is 3.45. The van der Waals surface area contributed by atoms with Gasteiger partial charge in [-0.1, -0.05) is 23.2 Å². The second kappa shape index (κ2) is 7.76. The average molecular weight is 392 g/mol. The number of carbonyl (C=O) groups is 3. The molecule has 2 aromatic rings. The van der Waals surface area contributed by atoms with Gasteiger partial charge < -0.3 is 5.32 Å². The van der Waals surface area contributed by atoms with Crippen LogP contribution in [0.25, 0.3) is 0 Å². The lowest BCUT2D eigenvalue weighted by molar-refractivity contribution is -0.117. The first-order chi connectivity index (χ1) is 12.4. The van der Waals surface area contributed by atoms with E-state index < -0.39 is 11.8 Å². The Balaban J connectivity index is 1.55. The van der Waals surface area contributed by atoms with E-state index in [1.807, 2.05) is 0 Å². The molecular weight excluding hydrogens is 377 g/mol. The maximum absolute atomic E-state index is 12.1. The molecule has 1 aliphatic carbocycles. The molecule has 134 valence electrons. The van der Waals surface area contributed by atoms with Crippen LogP contribution in [0.5, 0.6) is 0 Å². The topological polar surface area (TPSA) is 87.3 Å². The van der Waals surface area contributed by atoms with E-state index in [0.29, 0.717) is 16.3 Å². The van der Waals surface area contributed by atoms with E-state index in [1.54, 1.807) is 24.3 Å². The summed E-state index contributed by atoms with van der Waals surface area (Å²) in [5, 5.41) is 3.37. The Morgan fingerprint density at radius 1 is 0.885 bits per heavy atom. The van der Waals surface area contributed by atoms with Crippen molar-refractivity contribution in [2.24, 2.45) is 5.92 Å². The Bertz CT molecular complexity index is 864. The minimum atomic E-state index is -0.562. The largest absolute Gasteiger partial charge is 0.326 e. The molecule has 0 bridgehead atoms. The van der Waals surface area contributed by atoms with Gasteiger partial charge in [-0.3, -0.25) is 25.2 Å². The van der Waals surface area contributed by atoms with Crippen LogP contribution in [0.3, 0.4) is 0 Å². The van der Waals surface area contributed by atoms with Gasteiger partial charge in [0.15, 0.2) is 0 Å². The van der Waals surface area contributed by atoms with Crippen LogP contribution < -0.4 is 16.2 Å². The van der Waals surface area contributed by atoms with Crippen molar-refractivity contribution in [3.8, 4) is 0 Å². The standard InChI is InChI=1S/C18H15Cl2N3O3/c19-12-5-8-14(15(20)9-12)18(26)23-22-17(25)11-3-6-13(7-4-11)21-16(24)10-1-2-10/h3-10H,1-2H2,(H,21,24)(H,22,25)(H,23,26). The number of halogens is 2. The van der Waals surface area contributed by atoms with Crippen LogP contribution in [-0.4, -0.2) is 17.7 Å². The van der Waals surface area contributed by atoms with E-state index in [0.717, 1.165) is 12.8 Å². The number of hydrazine groups is 1. The van der Waals surface area contributed by atoms with E-state index in [2.05, 4.69) is 16.2 Å². The van der Waals surface area contributed by atoms with Gasteiger partial charge in [0.05, 0.1) is 10.6 Å². The summed E-state index contributed by atoms with van der Waals surface area (Å²) in [6.45, 7) is 0. The summed E-state index contributed by atoms with van der Waals surface area (Å²) in [5.41, 5.74) is 5.74. The van der Waals surface area contributed by atoms with Gasteiger partial charge in [0, 0.05) is 22.2 Å². The highest BCUT2D eigenvalue weighted by Gasteiger charge is 2.29. The number of rotatable bonds is 4. The van der Waals surface area contributed by atoms with E-state index in [9.17, 15) is 14.4 Å². The fourth-order valence-electron chi connectivity index (χ4n) is 2.22. The van der Waals surface area contributed by atoms with Gasteiger partial charge in [-0.05, 0) is 55.3 Å². The molecule has 0 heterocycles. The van der Waals surface area contributed by atoms with Gasteiger partial charge in [0.1, 0.15) is 0 Å². The second-order valence-electron chi connectivity index (χ2n) is 5.87. The molecule has 1 saturated carbocycles. The van der Waals surface area contributed by atoms with Gasteiger partial charge >= 0.3 is 0 Å². The lowest BCUT2D eigenvalue weighted by Gasteiger charge is -2.09. The SMILES string of the molecule is O=C(NNC(=O)c1ccc(Cl)cc1Cl)c1ccc(NC(=O)C2CC2)cc1. The van der Waals surface area contributed by atoms with Crippen LogP contribution in [0.15, 0.2) is 42.5 Å². The van der Waals surface area contributed by atoms with Crippen molar-refractivity contribution in [3.05, 3.63) is 63.6 Å². The number of hydrogen-bond acceptors (Lipinski definition) is 3. The number of hydrogen-bond donors (Lipinski definition) is 3. The summed E-state index contributed by atoms with van der Waals surface area (Å²) in [7, 11) is 0. The zero-order chi connectivity index (χ0) is 18.7. The normalized spacial score (nSPS) is 13.0. The fraction of sp³-hybridized carbons (Fsp3) is 0.167. The molecule has 0 unspecified atom stereocenters. The van der Waals surface area contributed by atoms with Crippen molar-refractivity contribution in [2.75, 3.05) is 5.32 Å². The summed E-state index contributed by atoms with van der Waals surface area (Å²) in [6, 6.07) is 10.8. The molecular formula is C18H15Cl2N3O3. The number of amides is 3. The molecule has 2 aromatic carbocycles. The Morgan fingerprint density at radius 2 is 1.54 bits per heavy atom. The highest BCUT2D eigenvalue weighted by atomic mass is 35.5. The summed E-state index contributed by atoms with van der Waals surface area (Å²) < 4.78 is 0.